The van der Waals surface area contributed by atoms with Gasteiger partial charge in [-0.2, -0.15) is 4.98 Å². The monoisotopic (exact) mass is 326 g/mol. The van der Waals surface area contributed by atoms with E-state index < -0.39 is 0 Å². The molecule has 3 heterocycles. The lowest BCUT2D eigenvalue weighted by molar-refractivity contribution is 0.0517. The molecule has 126 valence electrons. The molecule has 2 bridgehead atoms. The van der Waals surface area contributed by atoms with Crippen molar-refractivity contribution >= 4 is 11.7 Å². The quantitative estimate of drug-likeness (QED) is 0.917. The van der Waals surface area contributed by atoms with Gasteiger partial charge in [0, 0.05) is 18.3 Å². The fourth-order valence-corrected chi connectivity index (χ4v) is 3.99. The average molecular weight is 326 g/mol. The summed E-state index contributed by atoms with van der Waals surface area (Å²) in [4.78, 5) is 19.1. The van der Waals surface area contributed by atoms with Crippen molar-refractivity contribution in [2.45, 2.75) is 45.1 Å². The average Bonchev–Trinajstić information content (AvgIpc) is 3.03. The van der Waals surface area contributed by atoms with Gasteiger partial charge in [0.05, 0.1) is 5.92 Å². The van der Waals surface area contributed by atoms with Gasteiger partial charge < -0.3 is 14.7 Å². The fraction of sp³-hybridized carbons (Fsp3) is 0.500. The predicted molar refractivity (Wildman–Crippen MR) is 89.8 cm³/mol. The summed E-state index contributed by atoms with van der Waals surface area (Å²) >= 11 is 0. The van der Waals surface area contributed by atoms with Crippen molar-refractivity contribution < 1.29 is 9.32 Å². The van der Waals surface area contributed by atoms with Crippen molar-refractivity contribution in [1.82, 2.24) is 15.0 Å². The lowest BCUT2D eigenvalue weighted by Gasteiger charge is -2.48. The van der Waals surface area contributed by atoms with Gasteiger partial charge in [0.2, 0.25) is 5.89 Å². The van der Waals surface area contributed by atoms with E-state index in [1.54, 1.807) is 0 Å². The number of benzene rings is 1. The van der Waals surface area contributed by atoms with E-state index in [0.717, 1.165) is 25.1 Å². The number of hydrogen-bond acceptors (Lipinski definition) is 4. The topological polar surface area (TPSA) is 71.3 Å². The Morgan fingerprint density at radius 1 is 1.25 bits per heavy atom. The van der Waals surface area contributed by atoms with E-state index in [0.29, 0.717) is 17.6 Å². The minimum atomic E-state index is -0.0329. The second-order valence-corrected chi connectivity index (χ2v) is 6.98. The third-order valence-electron chi connectivity index (χ3n) is 5.20. The Hall–Kier alpha value is -2.37. The largest absolute Gasteiger partial charge is 0.339 e. The van der Waals surface area contributed by atoms with E-state index in [4.69, 9.17) is 4.52 Å². The van der Waals surface area contributed by atoms with Gasteiger partial charge in [0.25, 0.3) is 0 Å². The molecule has 3 atom stereocenters. The third-order valence-corrected chi connectivity index (χ3v) is 5.20. The Kier molecular flexibility index (Phi) is 3.75. The van der Waals surface area contributed by atoms with Crippen molar-refractivity contribution in [3.05, 3.63) is 41.5 Å². The van der Waals surface area contributed by atoms with Crippen LogP contribution in [0.2, 0.25) is 0 Å². The highest BCUT2D eigenvalue weighted by Gasteiger charge is 2.45. The van der Waals surface area contributed by atoms with Crippen LogP contribution in [0.15, 0.2) is 28.8 Å². The number of aromatic nitrogens is 2. The molecule has 6 nitrogen and oxygen atoms in total. The van der Waals surface area contributed by atoms with Crippen LogP contribution in [0.3, 0.4) is 0 Å². The molecule has 3 aliphatic rings. The summed E-state index contributed by atoms with van der Waals surface area (Å²) in [5.41, 5.74) is 2.01. The maximum atomic E-state index is 12.8. The highest BCUT2D eigenvalue weighted by Crippen LogP contribution is 2.44. The normalized spacial score (nSPS) is 25.8. The molecule has 1 N–H and O–H groups in total. The Labute approximate surface area is 141 Å². The molecule has 1 aromatic carbocycles. The molecule has 0 spiro atoms. The summed E-state index contributed by atoms with van der Waals surface area (Å²) in [6, 6.07) is 7.99. The van der Waals surface area contributed by atoms with E-state index in [1.807, 2.05) is 43.0 Å². The van der Waals surface area contributed by atoms with Gasteiger partial charge in [0.15, 0.2) is 5.82 Å². The summed E-state index contributed by atoms with van der Waals surface area (Å²) in [6.07, 6.45) is 3.20. The molecule has 1 aromatic heterocycles. The number of anilines is 1. The lowest BCUT2D eigenvalue weighted by Crippen LogP contribution is -2.55. The van der Waals surface area contributed by atoms with Crippen molar-refractivity contribution in [1.29, 1.82) is 0 Å². The number of urea groups is 1. The van der Waals surface area contributed by atoms with Crippen LogP contribution in [-0.4, -0.2) is 33.7 Å². The summed E-state index contributed by atoms with van der Waals surface area (Å²) < 4.78 is 5.40. The first-order valence-corrected chi connectivity index (χ1v) is 8.54. The van der Waals surface area contributed by atoms with Gasteiger partial charge in [-0.1, -0.05) is 22.9 Å². The molecule has 2 aliphatic heterocycles. The second kappa shape index (κ2) is 5.92. The van der Waals surface area contributed by atoms with Crippen LogP contribution in [0, 0.1) is 19.8 Å². The molecular formula is C18H22N4O2. The Balaban J connectivity index is 1.52. The van der Waals surface area contributed by atoms with Gasteiger partial charge in [-0.25, -0.2) is 4.79 Å². The number of piperidine rings is 2. The molecule has 24 heavy (non-hydrogen) atoms. The van der Waals surface area contributed by atoms with E-state index in [9.17, 15) is 4.79 Å². The minimum Gasteiger partial charge on any atom is -0.339 e. The Morgan fingerprint density at radius 3 is 2.71 bits per heavy atom. The number of amides is 2. The number of carbonyl (C=O) groups excluding carboxylic acids is 1. The molecule has 2 saturated heterocycles. The van der Waals surface area contributed by atoms with Gasteiger partial charge in [-0.15, -0.1) is 0 Å². The summed E-state index contributed by atoms with van der Waals surface area (Å²) in [6.45, 7) is 4.67. The van der Waals surface area contributed by atoms with Crippen molar-refractivity contribution in [2.75, 3.05) is 11.9 Å². The van der Waals surface area contributed by atoms with E-state index in [2.05, 4.69) is 15.5 Å². The standard InChI is InChI=1S/C18H22N4O2/c1-11-3-6-14(7-4-11)20-18(23)22-10-13-5-8-16(22)15(9-13)17-19-12(2)21-24-17/h3-4,6-7,13,15-16H,5,8-10H2,1-2H3,(H,20,23). The number of fused-ring (bicyclic) bond motifs is 3. The van der Waals surface area contributed by atoms with Crippen molar-refractivity contribution in [3.63, 3.8) is 0 Å². The van der Waals surface area contributed by atoms with Crippen LogP contribution in [-0.2, 0) is 0 Å². The first-order valence-electron chi connectivity index (χ1n) is 8.54. The number of aryl methyl sites for hydroxylation is 2. The van der Waals surface area contributed by atoms with Crippen LogP contribution in [0.4, 0.5) is 10.5 Å². The van der Waals surface area contributed by atoms with Crippen LogP contribution in [0.1, 0.15) is 42.5 Å². The zero-order valence-electron chi connectivity index (χ0n) is 14.0. The maximum Gasteiger partial charge on any atom is 0.322 e. The van der Waals surface area contributed by atoms with Gasteiger partial charge in [-0.3, -0.25) is 0 Å². The maximum absolute atomic E-state index is 12.8. The molecule has 3 fully saturated rings. The van der Waals surface area contributed by atoms with Crippen molar-refractivity contribution in [3.8, 4) is 0 Å². The number of nitrogens with one attached hydrogen (secondary N) is 1. The molecule has 1 saturated carbocycles. The van der Waals surface area contributed by atoms with Crippen LogP contribution < -0.4 is 5.32 Å². The van der Waals surface area contributed by atoms with Crippen LogP contribution >= 0.6 is 0 Å². The van der Waals surface area contributed by atoms with Crippen molar-refractivity contribution in [2.24, 2.45) is 5.92 Å². The van der Waals surface area contributed by atoms with Crippen LogP contribution in [0.5, 0.6) is 0 Å². The molecule has 5 rings (SSSR count). The first kappa shape index (κ1) is 15.2. The van der Waals surface area contributed by atoms with Gasteiger partial charge in [0.1, 0.15) is 0 Å². The minimum absolute atomic E-state index is 0.0329. The number of carbonyl (C=O) groups is 1. The fourth-order valence-electron chi connectivity index (χ4n) is 3.99. The smallest absolute Gasteiger partial charge is 0.322 e. The summed E-state index contributed by atoms with van der Waals surface area (Å²) in [7, 11) is 0. The molecule has 2 aromatic rings. The van der Waals surface area contributed by atoms with E-state index in [-0.39, 0.29) is 18.0 Å². The Morgan fingerprint density at radius 2 is 2.04 bits per heavy atom. The molecular weight excluding hydrogens is 304 g/mol. The highest BCUT2D eigenvalue weighted by molar-refractivity contribution is 5.89. The number of rotatable bonds is 2. The molecule has 3 unspecified atom stereocenters. The highest BCUT2D eigenvalue weighted by atomic mass is 16.5. The molecule has 2 amide bonds. The number of hydrogen-bond donors (Lipinski definition) is 1. The Bertz CT molecular complexity index is 740. The van der Waals surface area contributed by atoms with E-state index in [1.165, 1.54) is 12.0 Å². The van der Waals surface area contributed by atoms with Gasteiger partial charge >= 0.3 is 6.03 Å². The lowest BCUT2D eigenvalue weighted by atomic mass is 9.72. The van der Waals surface area contributed by atoms with Gasteiger partial charge in [-0.05, 0) is 51.2 Å². The number of nitrogens with zero attached hydrogens (tertiary/aromatic N) is 3. The second-order valence-electron chi connectivity index (χ2n) is 6.98. The molecule has 1 aliphatic carbocycles. The molecule has 0 radical (unpaired) electrons. The zero-order valence-corrected chi connectivity index (χ0v) is 14.0. The SMILES string of the molecule is Cc1ccc(NC(=O)N2CC3CCC2C(c2nc(C)no2)C3)cc1. The predicted octanol–water partition coefficient (Wildman–Crippen LogP) is 3.49. The first-order chi connectivity index (χ1) is 11.6. The zero-order chi connectivity index (χ0) is 16.7. The third kappa shape index (κ3) is 2.77. The van der Waals surface area contributed by atoms with E-state index >= 15 is 0 Å². The van der Waals surface area contributed by atoms with Crippen LogP contribution in [0.25, 0.3) is 0 Å². The summed E-state index contributed by atoms with van der Waals surface area (Å²) in [5, 5.41) is 6.94. The molecule has 6 heteroatoms. The summed E-state index contributed by atoms with van der Waals surface area (Å²) in [5.74, 6) is 2.00.